The number of nitrogens with zero attached hydrogens (tertiary/aromatic N) is 1. The largest absolute Gasteiger partial charge is 0.469 e. The van der Waals surface area contributed by atoms with Crippen LogP contribution < -0.4 is 4.90 Å². The maximum Gasteiger partial charge on any atom is 0.313 e. The third kappa shape index (κ3) is 1.88. The zero-order chi connectivity index (χ0) is 12.6. The molecule has 1 aromatic rings. The second-order valence-electron chi connectivity index (χ2n) is 5.43. The predicted molar refractivity (Wildman–Crippen MR) is 70.7 cm³/mol. The van der Waals surface area contributed by atoms with E-state index < -0.39 is 0 Å². The highest BCUT2D eigenvalue weighted by Crippen LogP contribution is 2.48. The zero-order valence-corrected chi connectivity index (χ0v) is 10.8. The zero-order valence-electron chi connectivity index (χ0n) is 10.8. The van der Waals surface area contributed by atoms with E-state index >= 15 is 0 Å². The number of aryl methyl sites for hydroxylation is 1. The summed E-state index contributed by atoms with van der Waals surface area (Å²) in [5.41, 5.74) is 2.49. The highest BCUT2D eigenvalue weighted by atomic mass is 16.5. The van der Waals surface area contributed by atoms with Gasteiger partial charge in [-0.2, -0.15) is 0 Å². The molecule has 3 nitrogen and oxygen atoms in total. The Hall–Kier alpha value is -1.51. The van der Waals surface area contributed by atoms with Gasteiger partial charge in [-0.25, -0.2) is 0 Å². The molecular weight excluding hydrogens is 226 g/mol. The summed E-state index contributed by atoms with van der Waals surface area (Å²) < 4.78 is 4.94. The lowest BCUT2D eigenvalue weighted by Gasteiger charge is -2.33. The van der Waals surface area contributed by atoms with Gasteiger partial charge in [-0.05, 0) is 37.3 Å². The van der Waals surface area contributed by atoms with Crippen molar-refractivity contribution in [2.45, 2.75) is 25.7 Å². The molecule has 18 heavy (non-hydrogen) atoms. The number of hydrogen-bond acceptors (Lipinski definition) is 3. The lowest BCUT2D eigenvalue weighted by molar-refractivity contribution is -0.146. The van der Waals surface area contributed by atoms with Crippen LogP contribution in [-0.4, -0.2) is 26.2 Å². The number of carbonyl (C=O) groups excluding carboxylic acids is 1. The van der Waals surface area contributed by atoms with Crippen molar-refractivity contribution in [2.24, 2.45) is 5.41 Å². The van der Waals surface area contributed by atoms with E-state index in [1.54, 1.807) is 0 Å². The van der Waals surface area contributed by atoms with E-state index in [2.05, 4.69) is 29.2 Å². The standard InChI is InChI=1S/C15H19NO2/c1-18-14(17)15(8-9-15)11-16-10-4-6-12-5-2-3-7-13(12)16/h2-3,5,7H,4,6,8-11H2,1H3. The van der Waals surface area contributed by atoms with Crippen molar-refractivity contribution >= 4 is 11.7 Å². The van der Waals surface area contributed by atoms with Crippen LogP contribution in [0.2, 0.25) is 0 Å². The van der Waals surface area contributed by atoms with Crippen molar-refractivity contribution in [3.05, 3.63) is 29.8 Å². The van der Waals surface area contributed by atoms with Gasteiger partial charge in [0.15, 0.2) is 0 Å². The van der Waals surface area contributed by atoms with Gasteiger partial charge in [0.1, 0.15) is 0 Å². The number of esters is 1. The third-order valence-corrected chi connectivity index (χ3v) is 4.17. The number of fused-ring (bicyclic) bond motifs is 1. The summed E-state index contributed by atoms with van der Waals surface area (Å²) in [6.07, 6.45) is 4.27. The number of benzene rings is 1. The summed E-state index contributed by atoms with van der Waals surface area (Å²) in [6.45, 7) is 1.87. The Balaban J connectivity index is 1.81. The minimum Gasteiger partial charge on any atom is -0.469 e. The van der Waals surface area contributed by atoms with Crippen LogP contribution >= 0.6 is 0 Å². The van der Waals surface area contributed by atoms with Crippen LogP contribution in [0.4, 0.5) is 5.69 Å². The van der Waals surface area contributed by atoms with Crippen LogP contribution in [0.25, 0.3) is 0 Å². The number of methoxy groups -OCH3 is 1. The summed E-state index contributed by atoms with van der Waals surface area (Å²) in [7, 11) is 1.49. The molecule has 0 aromatic heterocycles. The smallest absolute Gasteiger partial charge is 0.313 e. The maximum absolute atomic E-state index is 11.8. The van der Waals surface area contributed by atoms with E-state index in [4.69, 9.17) is 4.74 Å². The Labute approximate surface area is 108 Å². The average molecular weight is 245 g/mol. The fraction of sp³-hybridized carbons (Fsp3) is 0.533. The van der Waals surface area contributed by atoms with Crippen molar-refractivity contribution in [3.63, 3.8) is 0 Å². The molecule has 1 aromatic carbocycles. The molecule has 2 aliphatic rings. The van der Waals surface area contributed by atoms with E-state index in [0.717, 1.165) is 32.4 Å². The van der Waals surface area contributed by atoms with Crippen LogP contribution in [-0.2, 0) is 16.0 Å². The Morgan fingerprint density at radius 1 is 1.39 bits per heavy atom. The first-order valence-electron chi connectivity index (χ1n) is 6.66. The first-order valence-corrected chi connectivity index (χ1v) is 6.66. The second kappa shape index (κ2) is 4.30. The molecule has 0 N–H and O–H groups in total. The first-order chi connectivity index (χ1) is 8.75. The highest BCUT2D eigenvalue weighted by Gasteiger charge is 2.52. The normalized spacial score (nSPS) is 20.2. The average Bonchev–Trinajstić information content (AvgIpc) is 3.19. The molecule has 0 saturated heterocycles. The summed E-state index contributed by atoms with van der Waals surface area (Å²) in [4.78, 5) is 14.2. The minimum atomic E-state index is -0.223. The van der Waals surface area contributed by atoms with E-state index in [1.165, 1.54) is 24.8 Å². The fourth-order valence-electron chi connectivity index (χ4n) is 2.94. The number of ether oxygens (including phenoxy) is 1. The van der Waals surface area contributed by atoms with Crippen LogP contribution in [0.1, 0.15) is 24.8 Å². The quantitative estimate of drug-likeness (QED) is 0.766. The molecule has 3 heteroatoms. The molecule has 1 heterocycles. The summed E-state index contributed by atoms with van der Waals surface area (Å²) in [6, 6.07) is 8.53. The molecule has 1 aliphatic heterocycles. The SMILES string of the molecule is COC(=O)C1(CN2CCCc3ccccc32)CC1. The molecule has 1 saturated carbocycles. The number of rotatable bonds is 3. The molecule has 0 bridgehead atoms. The molecule has 0 amide bonds. The van der Waals surface area contributed by atoms with E-state index in [9.17, 15) is 4.79 Å². The number of anilines is 1. The lowest BCUT2D eigenvalue weighted by Crippen LogP contribution is -2.38. The van der Waals surface area contributed by atoms with Crippen LogP contribution in [0.3, 0.4) is 0 Å². The van der Waals surface area contributed by atoms with Gasteiger partial charge in [0.05, 0.1) is 12.5 Å². The van der Waals surface area contributed by atoms with Crippen molar-refractivity contribution in [1.29, 1.82) is 0 Å². The molecule has 3 rings (SSSR count). The Kier molecular flexibility index (Phi) is 2.77. The molecule has 0 unspecified atom stereocenters. The van der Waals surface area contributed by atoms with Gasteiger partial charge < -0.3 is 9.64 Å². The summed E-state index contributed by atoms with van der Waals surface area (Å²) >= 11 is 0. The molecule has 96 valence electrons. The van der Waals surface area contributed by atoms with E-state index in [-0.39, 0.29) is 11.4 Å². The lowest BCUT2D eigenvalue weighted by atomic mass is 9.99. The molecule has 0 spiro atoms. The Morgan fingerprint density at radius 3 is 2.89 bits per heavy atom. The fourth-order valence-corrected chi connectivity index (χ4v) is 2.94. The number of carbonyl (C=O) groups is 1. The monoisotopic (exact) mass is 245 g/mol. The summed E-state index contributed by atoms with van der Waals surface area (Å²) in [5.74, 6) is -0.0365. The minimum absolute atomic E-state index is 0.0365. The van der Waals surface area contributed by atoms with Crippen molar-refractivity contribution < 1.29 is 9.53 Å². The molecule has 0 atom stereocenters. The van der Waals surface area contributed by atoms with Gasteiger partial charge in [-0.1, -0.05) is 18.2 Å². The van der Waals surface area contributed by atoms with Gasteiger partial charge >= 0.3 is 5.97 Å². The van der Waals surface area contributed by atoms with E-state index in [0.29, 0.717) is 0 Å². The molecule has 1 aliphatic carbocycles. The van der Waals surface area contributed by atoms with Crippen LogP contribution in [0, 0.1) is 5.41 Å². The number of para-hydroxylation sites is 1. The maximum atomic E-state index is 11.8. The second-order valence-corrected chi connectivity index (χ2v) is 5.43. The van der Waals surface area contributed by atoms with Crippen molar-refractivity contribution in [3.8, 4) is 0 Å². The topological polar surface area (TPSA) is 29.5 Å². The molecular formula is C15H19NO2. The van der Waals surface area contributed by atoms with Gasteiger partial charge in [0.25, 0.3) is 0 Å². The third-order valence-electron chi connectivity index (χ3n) is 4.17. The first kappa shape index (κ1) is 11.6. The van der Waals surface area contributed by atoms with Crippen molar-refractivity contribution in [1.82, 2.24) is 0 Å². The molecule has 1 fully saturated rings. The predicted octanol–water partition coefficient (Wildman–Crippen LogP) is 2.39. The van der Waals surface area contributed by atoms with Crippen molar-refractivity contribution in [2.75, 3.05) is 25.1 Å². The summed E-state index contributed by atoms with van der Waals surface area (Å²) in [5, 5.41) is 0. The number of hydrogen-bond donors (Lipinski definition) is 0. The Morgan fingerprint density at radius 2 is 2.17 bits per heavy atom. The van der Waals surface area contributed by atoms with E-state index in [1.807, 2.05) is 0 Å². The van der Waals surface area contributed by atoms with Gasteiger partial charge in [-0.3, -0.25) is 4.79 Å². The highest BCUT2D eigenvalue weighted by molar-refractivity contribution is 5.80. The van der Waals surface area contributed by atoms with Gasteiger partial charge in [-0.15, -0.1) is 0 Å². The van der Waals surface area contributed by atoms with Gasteiger partial charge in [0, 0.05) is 18.8 Å². The Bertz CT molecular complexity index is 465. The van der Waals surface area contributed by atoms with Crippen LogP contribution in [0.15, 0.2) is 24.3 Å². The molecule has 0 radical (unpaired) electrons. The van der Waals surface area contributed by atoms with Gasteiger partial charge in [0.2, 0.25) is 0 Å². The van der Waals surface area contributed by atoms with Crippen LogP contribution in [0.5, 0.6) is 0 Å².